The van der Waals surface area contributed by atoms with Gasteiger partial charge in [-0.2, -0.15) is 5.26 Å². The number of alkyl halides is 1. The van der Waals surface area contributed by atoms with Crippen molar-refractivity contribution in [3.8, 4) is 6.07 Å². The zero-order valence-electron chi connectivity index (χ0n) is 5.21. The molecule has 0 aliphatic heterocycles. The first kappa shape index (κ1) is 7.52. The highest BCUT2D eigenvalue weighted by atomic mass is 79.9. The minimum Gasteiger partial charge on any atom is -0.375 e. The van der Waals surface area contributed by atoms with Gasteiger partial charge in [0.2, 0.25) is 0 Å². The molecule has 3 heteroatoms. The SMILES string of the molecule is N#CC1=CC=CC(O)(Br)C1. The molecule has 10 heavy (non-hydrogen) atoms. The second kappa shape index (κ2) is 2.57. The minimum absolute atomic E-state index is 0.347. The molecule has 1 atom stereocenters. The normalized spacial score (nSPS) is 31.1. The van der Waals surface area contributed by atoms with Crippen molar-refractivity contribution in [3.05, 3.63) is 23.8 Å². The zero-order valence-corrected chi connectivity index (χ0v) is 6.80. The standard InChI is InChI=1S/C7H6BrNO/c8-7(10)3-1-2-6(4-7)5-9/h1-3,10H,4H2. The van der Waals surface area contributed by atoms with Crippen LogP contribution >= 0.6 is 15.9 Å². The van der Waals surface area contributed by atoms with Crippen molar-refractivity contribution < 1.29 is 5.11 Å². The van der Waals surface area contributed by atoms with Gasteiger partial charge in [-0.15, -0.1) is 0 Å². The average molecular weight is 200 g/mol. The van der Waals surface area contributed by atoms with Gasteiger partial charge in [-0.1, -0.05) is 6.08 Å². The van der Waals surface area contributed by atoms with Crippen molar-refractivity contribution in [1.82, 2.24) is 0 Å². The molecule has 1 rings (SSSR count). The summed E-state index contributed by atoms with van der Waals surface area (Å²) in [5.41, 5.74) is 0.585. The number of hydrogen-bond acceptors (Lipinski definition) is 2. The highest BCUT2D eigenvalue weighted by Crippen LogP contribution is 2.27. The van der Waals surface area contributed by atoms with Gasteiger partial charge in [0.1, 0.15) is 4.51 Å². The Labute approximate surface area is 67.6 Å². The maximum absolute atomic E-state index is 9.31. The fourth-order valence-corrected chi connectivity index (χ4v) is 1.23. The smallest absolute Gasteiger partial charge is 0.143 e. The summed E-state index contributed by atoms with van der Waals surface area (Å²) >= 11 is 3.05. The molecule has 2 nitrogen and oxygen atoms in total. The predicted octanol–water partition coefficient (Wildman–Crippen LogP) is 1.48. The van der Waals surface area contributed by atoms with Crippen molar-refractivity contribution >= 4 is 15.9 Å². The quantitative estimate of drug-likeness (QED) is 0.602. The van der Waals surface area contributed by atoms with E-state index < -0.39 is 4.51 Å². The van der Waals surface area contributed by atoms with E-state index in [0.717, 1.165) is 0 Å². The van der Waals surface area contributed by atoms with Crippen LogP contribution in [-0.2, 0) is 0 Å². The average Bonchev–Trinajstić information content (AvgIpc) is 1.86. The Kier molecular flexibility index (Phi) is 1.93. The largest absolute Gasteiger partial charge is 0.375 e. The Morgan fingerprint density at radius 2 is 2.50 bits per heavy atom. The molecule has 0 heterocycles. The van der Waals surface area contributed by atoms with E-state index in [0.29, 0.717) is 12.0 Å². The third-order valence-corrected chi connectivity index (χ3v) is 1.78. The highest BCUT2D eigenvalue weighted by Gasteiger charge is 2.22. The lowest BCUT2D eigenvalue weighted by Crippen LogP contribution is -2.18. The van der Waals surface area contributed by atoms with Crippen LogP contribution in [0.15, 0.2) is 23.8 Å². The second-order valence-corrected chi connectivity index (χ2v) is 3.53. The van der Waals surface area contributed by atoms with Crippen molar-refractivity contribution in [2.24, 2.45) is 0 Å². The minimum atomic E-state index is -1.01. The first-order valence-electron chi connectivity index (χ1n) is 2.84. The number of allylic oxidation sites excluding steroid dienone is 2. The second-order valence-electron chi connectivity index (χ2n) is 2.16. The molecule has 1 aliphatic rings. The Morgan fingerprint density at radius 3 is 2.90 bits per heavy atom. The number of nitriles is 1. The molecule has 0 aromatic rings. The van der Waals surface area contributed by atoms with Gasteiger partial charge >= 0.3 is 0 Å². The van der Waals surface area contributed by atoms with Gasteiger partial charge in [0.15, 0.2) is 0 Å². The third-order valence-electron chi connectivity index (χ3n) is 1.23. The fourth-order valence-electron chi connectivity index (χ4n) is 0.773. The van der Waals surface area contributed by atoms with Crippen molar-refractivity contribution in [2.45, 2.75) is 10.9 Å². The molecule has 0 amide bonds. The maximum Gasteiger partial charge on any atom is 0.143 e. The first-order valence-corrected chi connectivity index (χ1v) is 3.63. The summed E-state index contributed by atoms with van der Waals surface area (Å²) in [7, 11) is 0. The van der Waals surface area contributed by atoms with Gasteiger partial charge in [0, 0.05) is 12.0 Å². The molecule has 0 aromatic carbocycles. The lowest BCUT2D eigenvalue weighted by atomic mass is 10.0. The van der Waals surface area contributed by atoms with Gasteiger partial charge in [-0.3, -0.25) is 0 Å². The summed E-state index contributed by atoms with van der Waals surface area (Å²) in [6, 6.07) is 1.98. The van der Waals surface area contributed by atoms with Gasteiger partial charge in [0.25, 0.3) is 0 Å². The highest BCUT2D eigenvalue weighted by molar-refractivity contribution is 9.10. The van der Waals surface area contributed by atoms with Gasteiger partial charge in [-0.05, 0) is 28.1 Å². The molecule has 0 saturated carbocycles. The Morgan fingerprint density at radius 1 is 1.80 bits per heavy atom. The van der Waals surface area contributed by atoms with Crippen LogP contribution < -0.4 is 0 Å². The summed E-state index contributed by atoms with van der Waals surface area (Å²) in [6.07, 6.45) is 5.31. The van der Waals surface area contributed by atoms with E-state index in [1.807, 2.05) is 6.07 Å². The fraction of sp³-hybridized carbons (Fsp3) is 0.286. The van der Waals surface area contributed by atoms with Crippen LogP contribution in [0.5, 0.6) is 0 Å². The van der Waals surface area contributed by atoms with Crippen molar-refractivity contribution in [1.29, 1.82) is 5.26 Å². The molecular weight excluding hydrogens is 194 g/mol. The summed E-state index contributed by atoms with van der Waals surface area (Å²) < 4.78 is -1.01. The summed E-state index contributed by atoms with van der Waals surface area (Å²) in [6.45, 7) is 0. The van der Waals surface area contributed by atoms with E-state index in [1.165, 1.54) is 0 Å². The van der Waals surface area contributed by atoms with E-state index >= 15 is 0 Å². The van der Waals surface area contributed by atoms with Crippen LogP contribution in [-0.4, -0.2) is 9.62 Å². The van der Waals surface area contributed by atoms with Crippen LogP contribution in [0.3, 0.4) is 0 Å². The van der Waals surface area contributed by atoms with E-state index in [-0.39, 0.29) is 0 Å². The molecule has 1 aliphatic carbocycles. The Hall–Kier alpha value is -0.590. The van der Waals surface area contributed by atoms with Gasteiger partial charge in [-0.25, -0.2) is 0 Å². The van der Waals surface area contributed by atoms with Crippen LogP contribution in [0.1, 0.15) is 6.42 Å². The van der Waals surface area contributed by atoms with Crippen molar-refractivity contribution in [3.63, 3.8) is 0 Å². The Balaban J connectivity index is 2.80. The number of nitrogens with zero attached hydrogens (tertiary/aromatic N) is 1. The van der Waals surface area contributed by atoms with E-state index in [4.69, 9.17) is 5.26 Å². The predicted molar refractivity (Wildman–Crippen MR) is 41.3 cm³/mol. The van der Waals surface area contributed by atoms with Crippen molar-refractivity contribution in [2.75, 3.05) is 0 Å². The zero-order chi connectivity index (χ0) is 7.61. The monoisotopic (exact) mass is 199 g/mol. The number of rotatable bonds is 0. The lowest BCUT2D eigenvalue weighted by molar-refractivity contribution is 0.195. The molecule has 0 saturated heterocycles. The van der Waals surface area contributed by atoms with Crippen LogP contribution in [0.4, 0.5) is 0 Å². The topological polar surface area (TPSA) is 44.0 Å². The first-order chi connectivity index (χ1) is 4.64. The summed E-state index contributed by atoms with van der Waals surface area (Å²) in [5, 5.41) is 17.8. The molecule has 0 bridgehead atoms. The molecule has 1 unspecified atom stereocenters. The van der Waals surface area contributed by atoms with E-state index in [1.54, 1.807) is 18.2 Å². The summed E-state index contributed by atoms with van der Waals surface area (Å²) in [4.78, 5) is 0. The maximum atomic E-state index is 9.31. The Bertz CT molecular complexity index is 234. The molecule has 0 radical (unpaired) electrons. The van der Waals surface area contributed by atoms with E-state index in [2.05, 4.69) is 15.9 Å². The number of aliphatic hydroxyl groups is 1. The molecule has 52 valence electrons. The number of hydrogen-bond donors (Lipinski definition) is 1. The van der Waals surface area contributed by atoms with Crippen LogP contribution in [0, 0.1) is 11.3 Å². The third kappa shape index (κ3) is 1.69. The molecule has 1 N–H and O–H groups in total. The lowest BCUT2D eigenvalue weighted by Gasteiger charge is -2.17. The van der Waals surface area contributed by atoms with Crippen LogP contribution in [0.25, 0.3) is 0 Å². The molecule has 0 spiro atoms. The van der Waals surface area contributed by atoms with Crippen LogP contribution in [0.2, 0.25) is 0 Å². The van der Waals surface area contributed by atoms with Gasteiger partial charge < -0.3 is 5.11 Å². The molecule has 0 aromatic heterocycles. The molecule has 0 fully saturated rings. The number of halogens is 1. The molecular formula is C7H6BrNO. The summed E-state index contributed by atoms with van der Waals surface area (Å²) in [5.74, 6) is 0. The van der Waals surface area contributed by atoms with Gasteiger partial charge in [0.05, 0.1) is 6.07 Å². The van der Waals surface area contributed by atoms with E-state index in [9.17, 15) is 5.11 Å².